The SMILES string of the molecule is OB(O)c1ccc(CN2CCCC2)o1. The molecule has 0 aliphatic carbocycles. The maximum atomic E-state index is 8.85. The average molecular weight is 195 g/mol. The lowest BCUT2D eigenvalue weighted by Gasteiger charge is -2.11. The quantitative estimate of drug-likeness (QED) is 0.641. The van der Waals surface area contributed by atoms with E-state index in [1.807, 2.05) is 0 Å². The second-order valence-electron chi connectivity index (χ2n) is 3.66. The minimum absolute atomic E-state index is 0.221. The maximum absolute atomic E-state index is 8.85. The molecule has 0 aromatic carbocycles. The molecular weight excluding hydrogens is 181 g/mol. The van der Waals surface area contributed by atoms with E-state index in [0.29, 0.717) is 0 Å². The molecule has 1 saturated heterocycles. The predicted molar refractivity (Wildman–Crippen MR) is 53.0 cm³/mol. The van der Waals surface area contributed by atoms with E-state index in [1.54, 1.807) is 12.1 Å². The molecule has 1 aromatic heterocycles. The summed E-state index contributed by atoms with van der Waals surface area (Å²) >= 11 is 0. The Kier molecular flexibility index (Phi) is 2.91. The number of likely N-dealkylation sites (tertiary alicyclic amines) is 1. The first kappa shape index (κ1) is 9.77. The van der Waals surface area contributed by atoms with Crippen molar-refractivity contribution in [2.75, 3.05) is 13.1 Å². The predicted octanol–water partition coefficient (Wildman–Crippen LogP) is -0.445. The van der Waals surface area contributed by atoms with Crippen LogP contribution in [-0.4, -0.2) is 35.2 Å². The molecule has 0 spiro atoms. The summed E-state index contributed by atoms with van der Waals surface area (Å²) in [7, 11) is -1.50. The van der Waals surface area contributed by atoms with Crippen molar-refractivity contribution < 1.29 is 14.5 Å². The second kappa shape index (κ2) is 4.17. The topological polar surface area (TPSA) is 56.8 Å². The molecule has 0 unspecified atom stereocenters. The third-order valence-electron chi connectivity index (χ3n) is 2.52. The second-order valence-corrected chi connectivity index (χ2v) is 3.66. The van der Waals surface area contributed by atoms with Gasteiger partial charge in [0.15, 0.2) is 0 Å². The molecule has 1 aliphatic heterocycles. The van der Waals surface area contributed by atoms with Crippen LogP contribution in [-0.2, 0) is 6.54 Å². The van der Waals surface area contributed by atoms with Crippen molar-refractivity contribution in [1.29, 1.82) is 0 Å². The largest absolute Gasteiger partial charge is 0.526 e. The molecule has 0 atom stereocenters. The lowest BCUT2D eigenvalue weighted by atomic mass is 9.88. The van der Waals surface area contributed by atoms with Gasteiger partial charge in [0, 0.05) is 0 Å². The summed E-state index contributed by atoms with van der Waals surface area (Å²) in [6.45, 7) is 2.99. The lowest BCUT2D eigenvalue weighted by molar-refractivity contribution is 0.298. The van der Waals surface area contributed by atoms with Gasteiger partial charge in [-0.1, -0.05) is 0 Å². The van der Waals surface area contributed by atoms with E-state index in [2.05, 4.69) is 4.90 Å². The summed E-state index contributed by atoms with van der Waals surface area (Å²) in [6.07, 6.45) is 2.49. The van der Waals surface area contributed by atoms with E-state index in [4.69, 9.17) is 14.5 Å². The van der Waals surface area contributed by atoms with Crippen LogP contribution < -0.4 is 5.66 Å². The summed E-state index contributed by atoms with van der Waals surface area (Å²) in [4.78, 5) is 2.30. The molecule has 0 bridgehead atoms. The van der Waals surface area contributed by atoms with E-state index in [9.17, 15) is 0 Å². The van der Waals surface area contributed by atoms with Gasteiger partial charge in [0.25, 0.3) is 0 Å². The normalized spacial score (nSPS) is 17.6. The van der Waals surface area contributed by atoms with Crippen molar-refractivity contribution in [2.45, 2.75) is 19.4 Å². The first-order chi connectivity index (χ1) is 6.75. The Morgan fingerprint density at radius 2 is 2.00 bits per heavy atom. The van der Waals surface area contributed by atoms with Crippen LogP contribution in [0.5, 0.6) is 0 Å². The highest BCUT2D eigenvalue weighted by molar-refractivity contribution is 6.56. The van der Waals surface area contributed by atoms with Crippen LogP contribution in [0.1, 0.15) is 18.6 Å². The Balaban J connectivity index is 1.95. The van der Waals surface area contributed by atoms with E-state index < -0.39 is 7.12 Å². The Morgan fingerprint density at radius 3 is 2.57 bits per heavy atom. The molecule has 76 valence electrons. The fourth-order valence-electron chi connectivity index (χ4n) is 1.78. The van der Waals surface area contributed by atoms with Crippen molar-refractivity contribution in [3.05, 3.63) is 17.9 Å². The molecule has 2 N–H and O–H groups in total. The molecule has 0 radical (unpaired) electrons. The molecule has 1 aromatic rings. The van der Waals surface area contributed by atoms with Gasteiger partial charge in [-0.25, -0.2) is 0 Å². The van der Waals surface area contributed by atoms with E-state index in [-0.39, 0.29) is 5.66 Å². The zero-order valence-corrected chi connectivity index (χ0v) is 8.02. The Morgan fingerprint density at radius 1 is 1.29 bits per heavy atom. The molecule has 4 nitrogen and oxygen atoms in total. The Hall–Kier alpha value is -0.775. The number of rotatable bonds is 3. The van der Waals surface area contributed by atoms with Gasteiger partial charge >= 0.3 is 7.12 Å². The van der Waals surface area contributed by atoms with Gasteiger partial charge in [-0.15, -0.1) is 0 Å². The van der Waals surface area contributed by atoms with Crippen molar-refractivity contribution in [1.82, 2.24) is 4.90 Å². The highest BCUT2D eigenvalue weighted by Crippen LogP contribution is 2.12. The zero-order valence-electron chi connectivity index (χ0n) is 8.02. The molecule has 1 aliphatic rings. The van der Waals surface area contributed by atoms with Crippen molar-refractivity contribution in [3.63, 3.8) is 0 Å². The van der Waals surface area contributed by atoms with Gasteiger partial charge in [-0.2, -0.15) is 0 Å². The van der Waals surface area contributed by atoms with Gasteiger partial charge in [0.05, 0.1) is 6.54 Å². The minimum atomic E-state index is -1.50. The van der Waals surface area contributed by atoms with Crippen molar-refractivity contribution >= 4 is 12.8 Å². The molecule has 2 rings (SSSR count). The Bertz CT molecular complexity index is 294. The number of hydrogen-bond acceptors (Lipinski definition) is 4. The highest BCUT2D eigenvalue weighted by atomic mass is 16.4. The van der Waals surface area contributed by atoms with Crippen molar-refractivity contribution in [2.24, 2.45) is 0 Å². The van der Waals surface area contributed by atoms with Gasteiger partial charge in [-0.3, -0.25) is 4.90 Å². The monoisotopic (exact) mass is 195 g/mol. The number of furan rings is 1. The average Bonchev–Trinajstić information content (AvgIpc) is 2.75. The van der Waals surface area contributed by atoms with E-state index >= 15 is 0 Å². The van der Waals surface area contributed by atoms with Crippen LogP contribution in [0.25, 0.3) is 0 Å². The van der Waals surface area contributed by atoms with Crippen molar-refractivity contribution in [3.8, 4) is 0 Å². The van der Waals surface area contributed by atoms with Gasteiger partial charge in [0.1, 0.15) is 11.4 Å². The highest BCUT2D eigenvalue weighted by Gasteiger charge is 2.18. The van der Waals surface area contributed by atoms with E-state index in [1.165, 1.54) is 12.8 Å². The fourth-order valence-corrected chi connectivity index (χ4v) is 1.78. The smallest absolute Gasteiger partial charge is 0.468 e. The standard InChI is InChI=1S/C9H14BNO3/c12-10(13)9-4-3-8(14-9)7-11-5-1-2-6-11/h3-4,12-13H,1-2,5-7H2. The van der Waals surface area contributed by atoms with Crippen LogP contribution in [0.3, 0.4) is 0 Å². The van der Waals surface area contributed by atoms with E-state index in [0.717, 1.165) is 25.4 Å². The summed E-state index contributed by atoms with van der Waals surface area (Å²) in [5, 5.41) is 17.7. The number of nitrogens with zero attached hydrogens (tertiary/aromatic N) is 1. The minimum Gasteiger partial charge on any atom is -0.468 e. The molecule has 0 amide bonds. The first-order valence-corrected chi connectivity index (χ1v) is 4.93. The van der Waals surface area contributed by atoms with Crippen LogP contribution in [0.15, 0.2) is 16.5 Å². The fraction of sp³-hybridized carbons (Fsp3) is 0.556. The third-order valence-corrected chi connectivity index (χ3v) is 2.52. The molecule has 14 heavy (non-hydrogen) atoms. The van der Waals surface area contributed by atoms with Gasteiger partial charge in [-0.05, 0) is 38.1 Å². The molecular formula is C9H14BNO3. The van der Waals surface area contributed by atoms with Crippen LogP contribution >= 0.6 is 0 Å². The van der Waals surface area contributed by atoms with Crippen LogP contribution in [0.4, 0.5) is 0 Å². The molecule has 0 saturated carbocycles. The number of hydrogen-bond donors (Lipinski definition) is 2. The third kappa shape index (κ3) is 2.18. The molecule has 5 heteroatoms. The summed E-state index contributed by atoms with van der Waals surface area (Å²) in [6, 6.07) is 3.41. The van der Waals surface area contributed by atoms with Gasteiger partial charge in [0.2, 0.25) is 0 Å². The molecule has 2 heterocycles. The Labute approximate surface area is 83.3 Å². The summed E-state index contributed by atoms with van der Waals surface area (Å²) in [5.41, 5.74) is 0.221. The molecule has 1 fully saturated rings. The zero-order chi connectivity index (χ0) is 9.97. The summed E-state index contributed by atoms with van der Waals surface area (Å²) in [5.74, 6) is 0.801. The maximum Gasteiger partial charge on any atom is 0.526 e. The van der Waals surface area contributed by atoms with Crippen LogP contribution in [0.2, 0.25) is 0 Å². The lowest BCUT2D eigenvalue weighted by Crippen LogP contribution is -2.28. The first-order valence-electron chi connectivity index (χ1n) is 4.93. The van der Waals surface area contributed by atoms with Crippen LogP contribution in [0, 0.1) is 0 Å². The van der Waals surface area contributed by atoms with Gasteiger partial charge < -0.3 is 14.5 Å². The summed E-state index contributed by atoms with van der Waals surface area (Å²) < 4.78 is 5.27.